The van der Waals surface area contributed by atoms with E-state index in [9.17, 15) is 9.50 Å². The van der Waals surface area contributed by atoms with Crippen molar-refractivity contribution < 1.29 is 14.2 Å². The SMILES string of the molecule is NC(=NCC(O)c1ccccc1F)NC1CCOc2ccccc21. The maximum Gasteiger partial charge on any atom is 0.189 e. The van der Waals surface area contributed by atoms with Crippen LogP contribution >= 0.6 is 0 Å². The normalized spacial score (nSPS) is 18.4. The maximum absolute atomic E-state index is 13.6. The second-order valence-electron chi connectivity index (χ2n) is 5.64. The summed E-state index contributed by atoms with van der Waals surface area (Å²) in [6.07, 6.45) is -0.267. The molecule has 2 unspecified atom stereocenters. The molecule has 0 amide bonds. The van der Waals surface area contributed by atoms with Gasteiger partial charge in [0.05, 0.1) is 19.2 Å². The van der Waals surface area contributed by atoms with Crippen molar-refractivity contribution >= 4 is 5.96 Å². The number of nitrogens with zero attached hydrogens (tertiary/aromatic N) is 1. The van der Waals surface area contributed by atoms with E-state index >= 15 is 0 Å². The molecule has 1 aliphatic rings. The molecule has 4 N–H and O–H groups in total. The minimum absolute atomic E-state index is 0.00399. The molecule has 5 nitrogen and oxygen atoms in total. The summed E-state index contributed by atoms with van der Waals surface area (Å²) in [5, 5.41) is 13.2. The Kier molecular flexibility index (Phi) is 4.96. The van der Waals surface area contributed by atoms with Crippen molar-refractivity contribution in [3.63, 3.8) is 0 Å². The highest BCUT2D eigenvalue weighted by atomic mass is 19.1. The Labute approximate surface area is 140 Å². The summed E-state index contributed by atoms with van der Waals surface area (Å²) < 4.78 is 19.2. The third-order valence-corrected chi connectivity index (χ3v) is 3.98. The Morgan fingerprint density at radius 3 is 2.88 bits per heavy atom. The zero-order chi connectivity index (χ0) is 16.9. The van der Waals surface area contributed by atoms with E-state index in [-0.39, 0.29) is 24.1 Å². The zero-order valence-corrected chi connectivity index (χ0v) is 13.2. The fourth-order valence-electron chi connectivity index (χ4n) is 2.74. The Bertz CT molecular complexity index is 736. The molecule has 6 heteroatoms. The van der Waals surface area contributed by atoms with Gasteiger partial charge >= 0.3 is 0 Å². The second-order valence-corrected chi connectivity index (χ2v) is 5.64. The summed E-state index contributed by atoms with van der Waals surface area (Å²) in [6.45, 7) is 0.588. The van der Waals surface area contributed by atoms with Gasteiger partial charge in [0.1, 0.15) is 17.7 Å². The number of hydrogen-bond acceptors (Lipinski definition) is 3. The molecular weight excluding hydrogens is 309 g/mol. The van der Waals surface area contributed by atoms with Crippen molar-refractivity contribution in [2.24, 2.45) is 10.7 Å². The highest BCUT2D eigenvalue weighted by Crippen LogP contribution is 2.31. The first-order valence-electron chi connectivity index (χ1n) is 7.86. The first kappa shape index (κ1) is 16.3. The van der Waals surface area contributed by atoms with Crippen molar-refractivity contribution in [3.8, 4) is 5.75 Å². The number of aliphatic hydroxyl groups excluding tert-OH is 1. The van der Waals surface area contributed by atoms with E-state index in [0.717, 1.165) is 17.7 Å². The molecule has 0 aliphatic carbocycles. The number of fused-ring (bicyclic) bond motifs is 1. The van der Waals surface area contributed by atoms with Crippen LogP contribution in [0.4, 0.5) is 4.39 Å². The molecule has 0 aromatic heterocycles. The smallest absolute Gasteiger partial charge is 0.189 e. The van der Waals surface area contributed by atoms with Gasteiger partial charge < -0.3 is 20.9 Å². The largest absolute Gasteiger partial charge is 0.493 e. The standard InChI is InChI=1S/C18H20FN3O2/c19-14-7-3-1-5-12(14)16(23)11-21-18(20)22-15-9-10-24-17-8-4-2-6-13(15)17/h1-8,15-16,23H,9-11H2,(H3,20,21,22). The molecule has 3 rings (SSSR count). The average Bonchev–Trinajstić information content (AvgIpc) is 2.60. The van der Waals surface area contributed by atoms with Gasteiger partial charge in [0.15, 0.2) is 5.96 Å². The summed E-state index contributed by atoms with van der Waals surface area (Å²) in [6, 6.07) is 13.9. The molecule has 2 atom stereocenters. The predicted molar refractivity (Wildman–Crippen MR) is 90.3 cm³/mol. The molecule has 0 saturated carbocycles. The molecule has 0 fully saturated rings. The number of nitrogens with two attached hydrogens (primary N) is 1. The number of aliphatic imine (C=N–C) groups is 1. The number of para-hydroxylation sites is 1. The summed E-state index contributed by atoms with van der Waals surface area (Å²) in [4.78, 5) is 4.13. The summed E-state index contributed by atoms with van der Waals surface area (Å²) in [7, 11) is 0. The van der Waals surface area contributed by atoms with Crippen LogP contribution in [0.25, 0.3) is 0 Å². The van der Waals surface area contributed by atoms with E-state index < -0.39 is 11.9 Å². The molecule has 0 bridgehead atoms. The number of hydrogen-bond donors (Lipinski definition) is 3. The number of aliphatic hydroxyl groups is 1. The molecule has 1 heterocycles. The van der Waals surface area contributed by atoms with E-state index in [4.69, 9.17) is 10.5 Å². The van der Waals surface area contributed by atoms with E-state index in [0.29, 0.717) is 6.61 Å². The van der Waals surface area contributed by atoms with Crippen molar-refractivity contribution in [1.82, 2.24) is 5.32 Å². The molecule has 0 saturated heterocycles. The number of guanidine groups is 1. The van der Waals surface area contributed by atoms with E-state index in [1.165, 1.54) is 12.1 Å². The van der Waals surface area contributed by atoms with E-state index in [2.05, 4.69) is 10.3 Å². The maximum atomic E-state index is 13.6. The van der Waals surface area contributed by atoms with Gasteiger partial charge in [-0.3, -0.25) is 4.99 Å². The van der Waals surface area contributed by atoms with Gasteiger partial charge in [0.25, 0.3) is 0 Å². The second kappa shape index (κ2) is 7.31. The van der Waals surface area contributed by atoms with Crippen molar-refractivity contribution in [2.45, 2.75) is 18.6 Å². The van der Waals surface area contributed by atoms with Crippen LogP contribution in [0.3, 0.4) is 0 Å². The third-order valence-electron chi connectivity index (χ3n) is 3.98. The van der Waals surface area contributed by atoms with Crippen LogP contribution in [0.2, 0.25) is 0 Å². The summed E-state index contributed by atoms with van der Waals surface area (Å²) >= 11 is 0. The topological polar surface area (TPSA) is 79.9 Å². The highest BCUT2D eigenvalue weighted by molar-refractivity contribution is 5.78. The fourth-order valence-corrected chi connectivity index (χ4v) is 2.74. The molecule has 126 valence electrons. The molecule has 24 heavy (non-hydrogen) atoms. The van der Waals surface area contributed by atoms with Crippen LogP contribution in [0, 0.1) is 5.82 Å². The van der Waals surface area contributed by atoms with E-state index in [1.54, 1.807) is 12.1 Å². The van der Waals surface area contributed by atoms with Gasteiger partial charge in [-0.05, 0) is 12.1 Å². The lowest BCUT2D eigenvalue weighted by molar-refractivity contribution is 0.182. The van der Waals surface area contributed by atoms with Crippen LogP contribution in [0.15, 0.2) is 53.5 Å². The molecule has 2 aromatic carbocycles. The van der Waals surface area contributed by atoms with Crippen molar-refractivity contribution in [3.05, 3.63) is 65.5 Å². The van der Waals surface area contributed by atoms with Crippen molar-refractivity contribution in [1.29, 1.82) is 0 Å². The van der Waals surface area contributed by atoms with E-state index in [1.807, 2.05) is 24.3 Å². The molecule has 0 radical (unpaired) electrons. The van der Waals surface area contributed by atoms with Crippen molar-refractivity contribution in [2.75, 3.05) is 13.2 Å². The Morgan fingerprint density at radius 1 is 1.29 bits per heavy atom. The average molecular weight is 329 g/mol. The number of rotatable bonds is 4. The van der Waals surface area contributed by atoms with Crippen LogP contribution in [-0.4, -0.2) is 24.2 Å². The predicted octanol–water partition coefficient (Wildman–Crippen LogP) is 2.29. The number of ether oxygens (including phenoxy) is 1. The van der Waals surface area contributed by atoms with Gasteiger partial charge in [-0.15, -0.1) is 0 Å². The monoisotopic (exact) mass is 329 g/mol. The molecule has 0 spiro atoms. The van der Waals surface area contributed by atoms with Gasteiger partial charge in [-0.1, -0.05) is 36.4 Å². The van der Waals surface area contributed by atoms with Gasteiger partial charge in [-0.25, -0.2) is 4.39 Å². The van der Waals surface area contributed by atoms with Gasteiger partial charge in [0, 0.05) is 17.5 Å². The number of benzene rings is 2. The first-order valence-corrected chi connectivity index (χ1v) is 7.86. The van der Waals surface area contributed by atoms with Gasteiger partial charge in [0.2, 0.25) is 0 Å². The Hall–Kier alpha value is -2.60. The number of halogens is 1. The quantitative estimate of drug-likeness (QED) is 0.594. The summed E-state index contributed by atoms with van der Waals surface area (Å²) in [5.74, 6) is 0.595. The van der Waals surface area contributed by atoms with Gasteiger partial charge in [-0.2, -0.15) is 0 Å². The lowest BCUT2D eigenvalue weighted by Gasteiger charge is -2.27. The Morgan fingerprint density at radius 2 is 2.04 bits per heavy atom. The Balaban J connectivity index is 1.64. The summed E-state index contributed by atoms with van der Waals surface area (Å²) in [5.41, 5.74) is 7.16. The first-order chi connectivity index (χ1) is 11.6. The fraction of sp³-hybridized carbons (Fsp3) is 0.278. The lowest BCUT2D eigenvalue weighted by atomic mass is 10.0. The zero-order valence-electron chi connectivity index (χ0n) is 13.2. The lowest BCUT2D eigenvalue weighted by Crippen LogP contribution is -2.37. The molecular formula is C18H20FN3O2. The highest BCUT2D eigenvalue weighted by Gasteiger charge is 2.21. The minimum Gasteiger partial charge on any atom is -0.493 e. The molecule has 2 aromatic rings. The third kappa shape index (κ3) is 3.65. The molecule has 1 aliphatic heterocycles. The van der Waals surface area contributed by atoms with Crippen LogP contribution in [0.5, 0.6) is 5.75 Å². The van der Waals surface area contributed by atoms with Crippen LogP contribution in [0.1, 0.15) is 29.7 Å². The number of nitrogens with one attached hydrogen (secondary N) is 1. The van der Waals surface area contributed by atoms with Crippen LogP contribution < -0.4 is 15.8 Å². The van der Waals surface area contributed by atoms with Crippen LogP contribution in [-0.2, 0) is 0 Å². The minimum atomic E-state index is -1.03.